The predicted molar refractivity (Wildman–Crippen MR) is 98.7 cm³/mol. The van der Waals surface area contributed by atoms with E-state index in [4.69, 9.17) is 13.9 Å². The zero-order valence-corrected chi connectivity index (χ0v) is 17.4. The number of rotatable bonds is 4. The van der Waals surface area contributed by atoms with Crippen molar-refractivity contribution >= 4 is 14.3 Å². The first-order valence-corrected chi connectivity index (χ1v) is 11.5. The second-order valence-corrected chi connectivity index (χ2v) is 12.9. The summed E-state index contributed by atoms with van der Waals surface area (Å²) in [5.41, 5.74) is -0.637. The van der Waals surface area contributed by atoms with Crippen molar-refractivity contribution in [2.24, 2.45) is 0 Å². The minimum Gasteiger partial charge on any atom is -0.467 e. The largest absolute Gasteiger partial charge is 0.467 e. The number of aryl methyl sites for hydroxylation is 1. The molecule has 3 atom stereocenters. The number of nitrogens with one attached hydrogen (secondary N) is 1. The highest BCUT2D eigenvalue weighted by molar-refractivity contribution is 6.74. The van der Waals surface area contributed by atoms with Gasteiger partial charge in [0.1, 0.15) is 6.23 Å². The molecule has 0 aromatic carbocycles. The van der Waals surface area contributed by atoms with Crippen LogP contribution in [0.2, 0.25) is 18.1 Å². The maximum atomic E-state index is 12.2. The van der Waals surface area contributed by atoms with Crippen LogP contribution in [0.4, 0.5) is 0 Å². The minimum atomic E-state index is -2.17. The maximum Gasteiger partial charge on any atom is 0.337 e. The maximum absolute atomic E-state index is 12.2. The van der Waals surface area contributed by atoms with E-state index < -0.39 is 44.0 Å². The number of esters is 1. The fraction of sp³-hybridized carbons (Fsp3) is 0.706. The molecule has 1 N–H and O–H groups in total. The van der Waals surface area contributed by atoms with Gasteiger partial charge in [-0.1, -0.05) is 20.8 Å². The van der Waals surface area contributed by atoms with Crippen molar-refractivity contribution in [3.8, 4) is 0 Å². The SMILES string of the molecule is COC(=O)[C@H]1O[C@@H](n2cc(C)c(=O)[nH]c2=O)C[C@H]1O[Si](C)(C)C(C)(C)C. The van der Waals surface area contributed by atoms with Gasteiger partial charge < -0.3 is 13.9 Å². The van der Waals surface area contributed by atoms with Crippen LogP contribution in [0.1, 0.15) is 39.0 Å². The molecule has 1 aromatic rings. The first kappa shape index (κ1) is 20.6. The quantitative estimate of drug-likeness (QED) is 0.626. The Kier molecular flexibility index (Phi) is 5.65. The highest BCUT2D eigenvalue weighted by atomic mass is 28.4. The van der Waals surface area contributed by atoms with Crippen LogP contribution in [0.3, 0.4) is 0 Å². The highest BCUT2D eigenvalue weighted by Crippen LogP contribution is 2.41. The first-order chi connectivity index (χ1) is 11.9. The molecular weight excluding hydrogens is 356 g/mol. The van der Waals surface area contributed by atoms with Gasteiger partial charge >= 0.3 is 11.7 Å². The molecule has 8 nitrogen and oxygen atoms in total. The lowest BCUT2D eigenvalue weighted by molar-refractivity contribution is -0.158. The van der Waals surface area contributed by atoms with Crippen molar-refractivity contribution in [2.75, 3.05) is 7.11 Å². The summed E-state index contributed by atoms with van der Waals surface area (Å²) in [5.74, 6) is -0.537. The number of nitrogens with zero attached hydrogens (tertiary/aromatic N) is 1. The molecule has 1 aliphatic heterocycles. The van der Waals surface area contributed by atoms with Crippen LogP contribution >= 0.6 is 0 Å². The van der Waals surface area contributed by atoms with Crippen LogP contribution in [0.15, 0.2) is 15.8 Å². The molecule has 0 radical (unpaired) electrons. The zero-order valence-electron chi connectivity index (χ0n) is 16.4. The minimum absolute atomic E-state index is 0.0445. The molecule has 0 bridgehead atoms. The molecule has 1 aliphatic rings. The fourth-order valence-corrected chi connectivity index (χ4v) is 3.93. The fourth-order valence-electron chi connectivity index (χ4n) is 2.60. The van der Waals surface area contributed by atoms with E-state index in [1.807, 2.05) is 0 Å². The highest BCUT2D eigenvalue weighted by Gasteiger charge is 2.48. The molecule has 146 valence electrons. The van der Waals surface area contributed by atoms with Crippen LogP contribution in [-0.4, -0.2) is 43.2 Å². The third kappa shape index (κ3) is 3.99. The van der Waals surface area contributed by atoms with Crippen molar-refractivity contribution in [1.29, 1.82) is 0 Å². The van der Waals surface area contributed by atoms with E-state index in [2.05, 4.69) is 38.8 Å². The lowest BCUT2D eigenvalue weighted by Gasteiger charge is -2.38. The third-order valence-corrected chi connectivity index (χ3v) is 9.72. The number of ether oxygens (including phenoxy) is 2. The lowest BCUT2D eigenvalue weighted by Crippen LogP contribution is -2.47. The Balaban J connectivity index is 2.35. The average molecular weight is 385 g/mol. The normalized spacial score (nSPS) is 23.9. The summed E-state index contributed by atoms with van der Waals surface area (Å²) in [6.45, 7) is 12.1. The number of hydrogen-bond acceptors (Lipinski definition) is 6. The van der Waals surface area contributed by atoms with Crippen molar-refractivity contribution in [3.63, 3.8) is 0 Å². The number of carbonyl (C=O) groups excluding carboxylic acids is 1. The Morgan fingerprint density at radius 2 is 1.96 bits per heavy atom. The average Bonchev–Trinajstić information content (AvgIpc) is 2.91. The number of carbonyl (C=O) groups is 1. The van der Waals surface area contributed by atoms with E-state index in [0.29, 0.717) is 12.0 Å². The van der Waals surface area contributed by atoms with E-state index >= 15 is 0 Å². The van der Waals surface area contributed by atoms with Crippen LogP contribution in [-0.2, 0) is 18.7 Å². The monoisotopic (exact) mass is 384 g/mol. The van der Waals surface area contributed by atoms with Gasteiger partial charge in [-0.3, -0.25) is 14.3 Å². The smallest absolute Gasteiger partial charge is 0.337 e. The Morgan fingerprint density at radius 1 is 1.35 bits per heavy atom. The van der Waals surface area contributed by atoms with Gasteiger partial charge in [0, 0.05) is 18.2 Å². The molecule has 0 aliphatic carbocycles. The van der Waals surface area contributed by atoms with Crippen molar-refractivity contribution < 1.29 is 18.7 Å². The summed E-state index contributed by atoms with van der Waals surface area (Å²) in [6.07, 6.45) is -0.394. The number of aromatic nitrogens is 2. The van der Waals surface area contributed by atoms with Crippen molar-refractivity contribution in [3.05, 3.63) is 32.6 Å². The van der Waals surface area contributed by atoms with Crippen LogP contribution in [0, 0.1) is 6.92 Å². The standard InChI is InChI=1S/C17H28N2O6Si/c1-10-9-19(16(22)18-14(10)20)12-8-11(13(24-12)15(21)23-5)25-26(6,7)17(2,3)4/h9,11-13H,8H2,1-7H3,(H,18,20,22)/t11-,12-,13+/m1/s1. The number of H-pyrrole nitrogens is 1. The van der Waals surface area contributed by atoms with Gasteiger partial charge in [0.2, 0.25) is 0 Å². The Bertz CT molecular complexity index is 792. The van der Waals surface area contributed by atoms with Gasteiger partial charge in [-0.2, -0.15) is 0 Å². The third-order valence-electron chi connectivity index (χ3n) is 5.22. The van der Waals surface area contributed by atoms with Gasteiger partial charge in [0.15, 0.2) is 14.4 Å². The summed E-state index contributed by atoms with van der Waals surface area (Å²) < 4.78 is 18.3. The summed E-state index contributed by atoms with van der Waals surface area (Å²) in [5, 5.41) is -0.0445. The molecule has 0 amide bonds. The zero-order chi connectivity index (χ0) is 19.9. The van der Waals surface area contributed by atoms with Gasteiger partial charge in [-0.25, -0.2) is 9.59 Å². The Hall–Kier alpha value is -1.71. The summed E-state index contributed by atoms with van der Waals surface area (Å²) in [4.78, 5) is 38.2. The van der Waals surface area contributed by atoms with E-state index in [-0.39, 0.29) is 5.04 Å². The first-order valence-electron chi connectivity index (χ1n) is 8.60. The molecule has 0 unspecified atom stereocenters. The van der Waals surface area contributed by atoms with Crippen LogP contribution in [0.5, 0.6) is 0 Å². The predicted octanol–water partition coefficient (Wildman–Crippen LogP) is 1.70. The Morgan fingerprint density at radius 3 is 2.50 bits per heavy atom. The molecule has 2 rings (SSSR count). The summed E-state index contributed by atoms with van der Waals surface area (Å²) >= 11 is 0. The van der Waals surface area contributed by atoms with E-state index in [1.54, 1.807) is 6.92 Å². The molecule has 1 saturated heterocycles. The van der Waals surface area contributed by atoms with E-state index in [0.717, 1.165) is 0 Å². The lowest BCUT2D eigenvalue weighted by atomic mass is 10.2. The topological polar surface area (TPSA) is 99.6 Å². The summed E-state index contributed by atoms with van der Waals surface area (Å²) in [7, 11) is -0.877. The second-order valence-electron chi connectivity index (χ2n) is 8.17. The van der Waals surface area contributed by atoms with Crippen molar-refractivity contribution in [2.45, 2.75) is 70.7 Å². The molecule has 0 saturated carbocycles. The second kappa shape index (κ2) is 7.13. The number of methoxy groups -OCH3 is 1. The van der Waals surface area contributed by atoms with E-state index in [1.165, 1.54) is 17.9 Å². The Labute approximate surface area is 153 Å². The molecule has 1 fully saturated rings. The van der Waals surface area contributed by atoms with Gasteiger partial charge in [0.05, 0.1) is 13.2 Å². The van der Waals surface area contributed by atoms with Gasteiger partial charge in [0.25, 0.3) is 5.56 Å². The number of hydrogen-bond donors (Lipinski definition) is 1. The molecule has 2 heterocycles. The molecule has 0 spiro atoms. The molecular formula is C17H28N2O6Si. The molecule has 1 aromatic heterocycles. The molecule has 26 heavy (non-hydrogen) atoms. The van der Waals surface area contributed by atoms with E-state index in [9.17, 15) is 14.4 Å². The number of aromatic amines is 1. The van der Waals surface area contributed by atoms with Crippen LogP contribution < -0.4 is 11.2 Å². The summed E-state index contributed by atoms with van der Waals surface area (Å²) in [6, 6.07) is 0. The van der Waals surface area contributed by atoms with Gasteiger partial charge in [-0.15, -0.1) is 0 Å². The van der Waals surface area contributed by atoms with Gasteiger partial charge in [-0.05, 0) is 25.1 Å². The molecule has 9 heteroatoms. The van der Waals surface area contributed by atoms with Crippen molar-refractivity contribution in [1.82, 2.24) is 9.55 Å². The van der Waals surface area contributed by atoms with Crippen LogP contribution in [0.25, 0.3) is 0 Å².